The van der Waals surface area contributed by atoms with Crippen LogP contribution in [-0.2, 0) is 11.2 Å². The first-order chi connectivity index (χ1) is 7.25. The second-order valence-corrected chi connectivity index (χ2v) is 4.06. The van der Waals surface area contributed by atoms with Gasteiger partial charge in [-0.05, 0) is 26.3 Å². The van der Waals surface area contributed by atoms with Crippen LogP contribution in [-0.4, -0.2) is 17.3 Å². The van der Waals surface area contributed by atoms with Gasteiger partial charge in [0.15, 0.2) is 0 Å². The normalized spacial score (nSPS) is 21.5. The van der Waals surface area contributed by atoms with Crippen molar-refractivity contribution in [2.24, 2.45) is 0 Å². The largest absolute Gasteiger partial charge is 0.447 e. The lowest BCUT2D eigenvalue weighted by molar-refractivity contribution is -0.116. The Morgan fingerprint density at radius 1 is 1.67 bits per heavy atom. The lowest BCUT2D eigenvalue weighted by Gasteiger charge is -2.20. The fourth-order valence-electron chi connectivity index (χ4n) is 1.88. The summed E-state index contributed by atoms with van der Waals surface area (Å²) in [4.78, 5) is 15.2. The summed E-state index contributed by atoms with van der Waals surface area (Å²) >= 11 is 0. The number of aromatic nitrogens is 1. The molecule has 1 fully saturated rings. The number of nitrogens with one attached hydrogen (secondary N) is 1. The zero-order valence-corrected chi connectivity index (χ0v) is 8.95. The Morgan fingerprint density at radius 3 is 3.20 bits per heavy atom. The van der Waals surface area contributed by atoms with Crippen LogP contribution in [0.25, 0.3) is 0 Å². The third kappa shape index (κ3) is 2.65. The number of hydrogen-bond donors (Lipinski definition) is 1. The smallest absolute Gasteiger partial charge is 0.211 e. The summed E-state index contributed by atoms with van der Waals surface area (Å²) in [5.41, 5.74) is 0.741. The quantitative estimate of drug-likeness (QED) is 0.820. The van der Waals surface area contributed by atoms with E-state index in [9.17, 15) is 4.79 Å². The van der Waals surface area contributed by atoms with Gasteiger partial charge in [0.05, 0.1) is 18.2 Å². The van der Waals surface area contributed by atoms with Crippen molar-refractivity contribution in [3.05, 3.63) is 17.8 Å². The highest BCUT2D eigenvalue weighted by molar-refractivity contribution is 5.77. The molecule has 0 amide bonds. The molecule has 1 aliphatic rings. The zero-order chi connectivity index (χ0) is 10.7. The summed E-state index contributed by atoms with van der Waals surface area (Å²) in [7, 11) is 0. The Balaban J connectivity index is 2.02. The Bertz CT molecular complexity index is 340. The van der Waals surface area contributed by atoms with Crippen LogP contribution >= 0.6 is 0 Å². The van der Waals surface area contributed by atoms with E-state index in [-0.39, 0.29) is 11.8 Å². The first-order valence-corrected chi connectivity index (χ1v) is 5.43. The van der Waals surface area contributed by atoms with Crippen molar-refractivity contribution in [1.82, 2.24) is 10.3 Å². The lowest BCUT2D eigenvalue weighted by Crippen LogP contribution is -2.27. The Hall–Kier alpha value is -1.16. The number of nitrogens with zero attached hydrogens (tertiary/aromatic N) is 1. The van der Waals surface area contributed by atoms with Gasteiger partial charge in [-0.25, -0.2) is 4.98 Å². The van der Waals surface area contributed by atoms with Crippen molar-refractivity contribution < 1.29 is 9.21 Å². The maximum absolute atomic E-state index is 10.9. The molecular formula is C11H16N2O2. The van der Waals surface area contributed by atoms with Crippen LogP contribution in [0.5, 0.6) is 0 Å². The van der Waals surface area contributed by atoms with Crippen molar-refractivity contribution in [3.63, 3.8) is 0 Å². The minimum absolute atomic E-state index is 0.117. The van der Waals surface area contributed by atoms with Gasteiger partial charge in [0.25, 0.3) is 0 Å². The summed E-state index contributed by atoms with van der Waals surface area (Å²) in [5, 5.41) is 3.36. The maximum atomic E-state index is 10.9. The van der Waals surface area contributed by atoms with E-state index in [1.807, 2.05) is 0 Å². The minimum atomic E-state index is 0.117. The lowest BCUT2D eigenvalue weighted by atomic mass is 10.1. The molecule has 2 heterocycles. The van der Waals surface area contributed by atoms with Gasteiger partial charge in [-0.15, -0.1) is 0 Å². The van der Waals surface area contributed by atoms with E-state index >= 15 is 0 Å². The van der Waals surface area contributed by atoms with Gasteiger partial charge in [0.2, 0.25) is 5.89 Å². The van der Waals surface area contributed by atoms with Crippen molar-refractivity contribution >= 4 is 5.78 Å². The first-order valence-electron chi connectivity index (χ1n) is 5.43. The summed E-state index contributed by atoms with van der Waals surface area (Å²) in [6.45, 7) is 2.59. The molecule has 0 radical (unpaired) electrons. The monoisotopic (exact) mass is 208 g/mol. The number of oxazole rings is 1. The van der Waals surface area contributed by atoms with Crippen LogP contribution in [0.15, 0.2) is 10.7 Å². The third-order valence-electron chi connectivity index (χ3n) is 2.61. The van der Waals surface area contributed by atoms with E-state index in [0.29, 0.717) is 6.42 Å². The highest BCUT2D eigenvalue weighted by Gasteiger charge is 2.19. The molecule has 82 valence electrons. The van der Waals surface area contributed by atoms with Gasteiger partial charge in [0.1, 0.15) is 12.0 Å². The molecule has 1 aromatic rings. The molecule has 0 aromatic carbocycles. The van der Waals surface area contributed by atoms with Crippen molar-refractivity contribution in [1.29, 1.82) is 0 Å². The summed E-state index contributed by atoms with van der Waals surface area (Å²) in [5.74, 6) is 0.845. The summed E-state index contributed by atoms with van der Waals surface area (Å²) in [6, 6.07) is 0.236. The predicted molar refractivity (Wildman–Crippen MR) is 55.5 cm³/mol. The van der Waals surface area contributed by atoms with Crippen LogP contribution < -0.4 is 5.32 Å². The van der Waals surface area contributed by atoms with E-state index in [4.69, 9.17) is 4.42 Å². The SMILES string of the molecule is CC(=O)Cc1coc(C2CCCCN2)n1. The molecule has 4 nitrogen and oxygen atoms in total. The topological polar surface area (TPSA) is 55.1 Å². The van der Waals surface area contributed by atoms with Gasteiger partial charge < -0.3 is 9.73 Å². The van der Waals surface area contributed by atoms with Crippen molar-refractivity contribution in [2.75, 3.05) is 6.54 Å². The molecule has 1 aliphatic heterocycles. The van der Waals surface area contributed by atoms with Crippen LogP contribution in [0, 0.1) is 0 Å². The maximum Gasteiger partial charge on any atom is 0.211 e. The van der Waals surface area contributed by atoms with E-state index in [1.165, 1.54) is 12.8 Å². The predicted octanol–water partition coefficient (Wildman–Crippen LogP) is 1.62. The molecule has 0 spiro atoms. The Morgan fingerprint density at radius 2 is 2.53 bits per heavy atom. The van der Waals surface area contributed by atoms with Gasteiger partial charge in [-0.3, -0.25) is 4.79 Å². The van der Waals surface area contributed by atoms with Crippen LogP contribution in [0.2, 0.25) is 0 Å². The fraction of sp³-hybridized carbons (Fsp3) is 0.636. The minimum Gasteiger partial charge on any atom is -0.447 e. The molecule has 4 heteroatoms. The number of piperidine rings is 1. The second kappa shape index (κ2) is 4.57. The summed E-state index contributed by atoms with van der Waals surface area (Å²) in [6.07, 6.45) is 5.46. The third-order valence-corrected chi connectivity index (χ3v) is 2.61. The Labute approximate surface area is 89.1 Å². The van der Waals surface area contributed by atoms with Gasteiger partial charge in [-0.1, -0.05) is 6.42 Å². The van der Waals surface area contributed by atoms with Crippen LogP contribution in [0.1, 0.15) is 43.8 Å². The van der Waals surface area contributed by atoms with E-state index < -0.39 is 0 Å². The number of carbonyl (C=O) groups is 1. The number of Topliss-reactive ketones (excluding diaryl/α,β-unsaturated/α-hetero) is 1. The number of rotatable bonds is 3. The van der Waals surface area contributed by atoms with E-state index in [2.05, 4.69) is 10.3 Å². The Kier molecular flexibility index (Phi) is 3.16. The average Bonchev–Trinajstić information content (AvgIpc) is 2.67. The molecular weight excluding hydrogens is 192 g/mol. The molecule has 1 N–H and O–H groups in total. The zero-order valence-electron chi connectivity index (χ0n) is 8.95. The molecule has 1 saturated heterocycles. The molecule has 1 aromatic heterocycles. The molecule has 2 rings (SSSR count). The second-order valence-electron chi connectivity index (χ2n) is 4.06. The average molecular weight is 208 g/mol. The summed E-state index contributed by atoms with van der Waals surface area (Å²) < 4.78 is 5.38. The first kappa shape index (κ1) is 10.4. The van der Waals surface area contributed by atoms with E-state index in [1.54, 1.807) is 13.2 Å². The van der Waals surface area contributed by atoms with Crippen LogP contribution in [0.4, 0.5) is 0 Å². The van der Waals surface area contributed by atoms with Gasteiger partial charge in [0, 0.05) is 0 Å². The molecule has 1 atom stereocenters. The van der Waals surface area contributed by atoms with E-state index in [0.717, 1.165) is 24.6 Å². The highest BCUT2D eigenvalue weighted by atomic mass is 16.3. The standard InChI is InChI=1S/C11H16N2O2/c1-8(14)6-9-7-15-11(13-9)10-4-2-3-5-12-10/h7,10,12H,2-6H2,1H3. The fourth-order valence-corrected chi connectivity index (χ4v) is 1.88. The van der Waals surface area contributed by atoms with Crippen LogP contribution in [0.3, 0.4) is 0 Å². The molecule has 1 unspecified atom stereocenters. The molecule has 0 saturated carbocycles. The van der Waals surface area contributed by atoms with Crippen molar-refractivity contribution in [2.45, 2.75) is 38.6 Å². The number of ketones is 1. The molecule has 15 heavy (non-hydrogen) atoms. The van der Waals surface area contributed by atoms with Gasteiger partial charge in [-0.2, -0.15) is 0 Å². The molecule has 0 bridgehead atoms. The number of hydrogen-bond acceptors (Lipinski definition) is 4. The number of carbonyl (C=O) groups excluding carboxylic acids is 1. The van der Waals surface area contributed by atoms with Gasteiger partial charge >= 0.3 is 0 Å². The molecule has 0 aliphatic carbocycles. The highest BCUT2D eigenvalue weighted by Crippen LogP contribution is 2.22. The van der Waals surface area contributed by atoms with Crippen molar-refractivity contribution in [3.8, 4) is 0 Å².